The fourth-order valence-electron chi connectivity index (χ4n) is 0.854. The number of nitrogens with one attached hydrogen (secondary N) is 1. The minimum absolute atomic E-state index is 0.0311. The average Bonchev–Trinajstić information content (AvgIpc) is 2.06. The highest BCUT2D eigenvalue weighted by molar-refractivity contribution is 7.80. The van der Waals surface area contributed by atoms with Crippen molar-refractivity contribution in [1.82, 2.24) is 0 Å². The van der Waals surface area contributed by atoms with Gasteiger partial charge in [-0.3, -0.25) is 9.27 Å². The average molecular weight is 214 g/mol. The van der Waals surface area contributed by atoms with Crippen molar-refractivity contribution < 1.29 is 8.76 Å². The van der Waals surface area contributed by atoms with Crippen LogP contribution in [0.3, 0.4) is 0 Å². The molecule has 1 atom stereocenters. The van der Waals surface area contributed by atoms with Gasteiger partial charge < -0.3 is 11.5 Å². The predicted molar refractivity (Wildman–Crippen MR) is 56.3 cm³/mol. The van der Waals surface area contributed by atoms with E-state index in [9.17, 15) is 4.21 Å². The molecule has 0 amide bonds. The Kier molecular flexibility index (Phi) is 3.43. The summed E-state index contributed by atoms with van der Waals surface area (Å²) in [7, 11) is 0. The van der Waals surface area contributed by atoms with Crippen molar-refractivity contribution in [1.29, 1.82) is 0 Å². The van der Waals surface area contributed by atoms with E-state index in [-0.39, 0.29) is 5.96 Å². The summed E-state index contributed by atoms with van der Waals surface area (Å²) in [5.41, 5.74) is 11.4. The van der Waals surface area contributed by atoms with Crippen LogP contribution in [-0.2, 0) is 11.3 Å². The van der Waals surface area contributed by atoms with Crippen LogP contribution in [0.2, 0.25) is 0 Å². The molecule has 0 aromatic heterocycles. The maximum absolute atomic E-state index is 10.4. The van der Waals surface area contributed by atoms with Crippen molar-refractivity contribution in [2.45, 2.75) is 0 Å². The lowest BCUT2D eigenvalue weighted by Gasteiger charge is -2.00. The largest absolute Gasteiger partial charge is 0.370 e. The number of nitrogens with zero attached hydrogens (tertiary/aromatic N) is 1. The lowest BCUT2D eigenvalue weighted by Crippen LogP contribution is -2.21. The first-order chi connectivity index (χ1) is 6.58. The lowest BCUT2D eigenvalue weighted by atomic mass is 10.3. The molecule has 0 heterocycles. The molecule has 6 nitrogen and oxygen atoms in total. The van der Waals surface area contributed by atoms with Gasteiger partial charge in [0.1, 0.15) is 0 Å². The summed E-state index contributed by atoms with van der Waals surface area (Å²) in [5.74, 6) is -0.0311. The molecule has 0 aliphatic rings. The molecule has 0 saturated carbocycles. The fourth-order valence-corrected chi connectivity index (χ4v) is 1.19. The van der Waals surface area contributed by atoms with E-state index in [0.717, 1.165) is 0 Å². The molecule has 1 rings (SSSR count). The van der Waals surface area contributed by atoms with E-state index in [1.54, 1.807) is 24.3 Å². The normalized spacial score (nSPS) is 11.8. The predicted octanol–water partition coefficient (Wildman–Crippen LogP) is 0.140. The van der Waals surface area contributed by atoms with Crippen LogP contribution in [0.1, 0.15) is 0 Å². The van der Waals surface area contributed by atoms with Crippen LogP contribution in [0.4, 0.5) is 11.4 Å². The van der Waals surface area contributed by atoms with Crippen molar-refractivity contribution in [3.05, 3.63) is 24.3 Å². The molecule has 1 aromatic carbocycles. The summed E-state index contributed by atoms with van der Waals surface area (Å²) in [6.45, 7) is 0. The molecule has 1 unspecified atom stereocenters. The van der Waals surface area contributed by atoms with E-state index in [2.05, 4.69) is 9.71 Å². The second kappa shape index (κ2) is 4.58. The molecular weight excluding hydrogens is 204 g/mol. The summed E-state index contributed by atoms with van der Waals surface area (Å²) in [5, 5.41) is 0. The Morgan fingerprint density at radius 2 is 1.93 bits per heavy atom. The van der Waals surface area contributed by atoms with Gasteiger partial charge in [0.15, 0.2) is 5.96 Å². The van der Waals surface area contributed by atoms with Crippen LogP contribution in [0.5, 0.6) is 0 Å². The number of aliphatic imine (C=N–C) groups is 1. The molecule has 6 N–H and O–H groups in total. The lowest BCUT2D eigenvalue weighted by molar-refractivity contribution is 0.570. The molecule has 14 heavy (non-hydrogen) atoms. The third-order valence-corrected chi connectivity index (χ3v) is 1.74. The first kappa shape index (κ1) is 10.5. The number of nitrogens with two attached hydrogens (primary N) is 2. The van der Waals surface area contributed by atoms with Crippen molar-refractivity contribution in [2.24, 2.45) is 16.5 Å². The summed E-state index contributed by atoms with van der Waals surface area (Å²) >= 11 is -2.07. The van der Waals surface area contributed by atoms with Crippen LogP contribution in [0, 0.1) is 0 Å². The number of benzene rings is 1. The van der Waals surface area contributed by atoms with E-state index in [1.165, 1.54) is 0 Å². The van der Waals surface area contributed by atoms with Crippen LogP contribution >= 0.6 is 0 Å². The van der Waals surface area contributed by atoms with Gasteiger partial charge in [0.2, 0.25) is 0 Å². The minimum Gasteiger partial charge on any atom is -0.370 e. The van der Waals surface area contributed by atoms with Crippen LogP contribution in [-0.4, -0.2) is 14.7 Å². The highest BCUT2D eigenvalue weighted by Crippen LogP contribution is 2.15. The zero-order valence-corrected chi connectivity index (χ0v) is 7.99. The van der Waals surface area contributed by atoms with Gasteiger partial charge in [-0.2, -0.15) is 0 Å². The zero-order chi connectivity index (χ0) is 10.6. The molecule has 0 fully saturated rings. The molecule has 0 saturated heterocycles. The molecule has 7 heteroatoms. The third-order valence-electron chi connectivity index (χ3n) is 1.33. The Morgan fingerprint density at radius 3 is 2.36 bits per heavy atom. The summed E-state index contributed by atoms with van der Waals surface area (Å²) in [6, 6.07) is 6.43. The number of guanidine groups is 1. The fraction of sp³-hybridized carbons (Fsp3) is 0. The second-order valence-corrected chi connectivity index (χ2v) is 3.14. The molecule has 76 valence electrons. The first-order valence-electron chi connectivity index (χ1n) is 3.65. The standard InChI is InChI=1S/C7H10N4O2S/c8-7(9)10-5-1-3-6(4-2-5)11-14(12)13/h1-4,11H,(H,12,13)(H4,8,9,10). The Hall–Kier alpha value is -1.60. The van der Waals surface area contributed by atoms with Crippen LogP contribution in [0.25, 0.3) is 0 Å². The number of anilines is 1. The highest BCUT2D eigenvalue weighted by atomic mass is 32.2. The van der Waals surface area contributed by atoms with Gasteiger partial charge in [0.25, 0.3) is 11.3 Å². The van der Waals surface area contributed by atoms with Gasteiger partial charge >= 0.3 is 0 Å². The summed E-state index contributed by atoms with van der Waals surface area (Å²) < 4.78 is 21.2. The van der Waals surface area contributed by atoms with Gasteiger partial charge in [-0.25, -0.2) is 9.20 Å². The number of rotatable bonds is 3. The third kappa shape index (κ3) is 3.42. The minimum atomic E-state index is -2.07. The molecule has 0 radical (unpaired) electrons. The van der Waals surface area contributed by atoms with Gasteiger partial charge in [-0.1, -0.05) is 0 Å². The molecule has 0 aliphatic carbocycles. The van der Waals surface area contributed by atoms with E-state index >= 15 is 0 Å². The SMILES string of the molecule is NC(N)=Nc1ccc(NS(=O)O)cc1. The van der Waals surface area contributed by atoms with E-state index in [4.69, 9.17) is 16.0 Å². The van der Waals surface area contributed by atoms with E-state index in [1.807, 2.05) is 0 Å². The maximum atomic E-state index is 10.4. The zero-order valence-electron chi connectivity index (χ0n) is 7.18. The topological polar surface area (TPSA) is 114 Å². The Balaban J connectivity index is 2.78. The van der Waals surface area contributed by atoms with Crippen LogP contribution < -0.4 is 16.2 Å². The summed E-state index contributed by atoms with van der Waals surface area (Å²) in [4.78, 5) is 3.79. The highest BCUT2D eigenvalue weighted by Gasteiger charge is 1.95. The molecule has 0 spiro atoms. The van der Waals surface area contributed by atoms with Gasteiger partial charge in [0.05, 0.1) is 5.69 Å². The number of hydrogen-bond donors (Lipinski definition) is 4. The quantitative estimate of drug-likeness (QED) is 0.325. The molecular formula is C7H10N4O2S. The Morgan fingerprint density at radius 1 is 1.36 bits per heavy atom. The van der Waals surface area contributed by atoms with E-state index < -0.39 is 11.3 Å². The molecule has 0 aliphatic heterocycles. The Bertz CT molecular complexity index is 358. The monoisotopic (exact) mass is 214 g/mol. The van der Waals surface area contributed by atoms with Crippen molar-refractivity contribution in [3.63, 3.8) is 0 Å². The maximum Gasteiger partial charge on any atom is 0.259 e. The van der Waals surface area contributed by atoms with Crippen molar-refractivity contribution >= 4 is 28.6 Å². The molecule has 1 aromatic rings. The van der Waals surface area contributed by atoms with Crippen LogP contribution in [0.15, 0.2) is 29.3 Å². The van der Waals surface area contributed by atoms with Crippen molar-refractivity contribution in [2.75, 3.05) is 4.72 Å². The number of hydrogen-bond acceptors (Lipinski definition) is 2. The summed E-state index contributed by atoms with van der Waals surface area (Å²) in [6.07, 6.45) is 0. The van der Waals surface area contributed by atoms with Gasteiger partial charge in [-0.15, -0.1) is 0 Å². The van der Waals surface area contributed by atoms with Crippen molar-refractivity contribution in [3.8, 4) is 0 Å². The van der Waals surface area contributed by atoms with Gasteiger partial charge in [0, 0.05) is 5.69 Å². The Labute approximate surface area is 83.4 Å². The molecule has 0 bridgehead atoms. The first-order valence-corrected chi connectivity index (χ1v) is 4.76. The van der Waals surface area contributed by atoms with E-state index in [0.29, 0.717) is 11.4 Å². The van der Waals surface area contributed by atoms with Gasteiger partial charge in [-0.05, 0) is 24.3 Å². The smallest absolute Gasteiger partial charge is 0.259 e. The second-order valence-electron chi connectivity index (χ2n) is 2.43.